The number of carbonyl (C=O) groups excluding carboxylic acids is 1. The zero-order valence-electron chi connectivity index (χ0n) is 10.4. The second-order valence-electron chi connectivity index (χ2n) is 4.12. The lowest BCUT2D eigenvalue weighted by atomic mass is 9.83. The van der Waals surface area contributed by atoms with Crippen LogP contribution in [0.4, 0.5) is 4.39 Å². The van der Waals surface area contributed by atoms with Gasteiger partial charge in [-0.1, -0.05) is 18.2 Å². The summed E-state index contributed by atoms with van der Waals surface area (Å²) in [5, 5.41) is 2.73. The van der Waals surface area contributed by atoms with Gasteiger partial charge in [-0.15, -0.1) is 0 Å². The van der Waals surface area contributed by atoms with E-state index in [9.17, 15) is 9.18 Å². The first-order valence-corrected chi connectivity index (χ1v) is 5.90. The van der Waals surface area contributed by atoms with Crippen LogP contribution in [0.25, 0.3) is 0 Å². The fourth-order valence-corrected chi connectivity index (χ4v) is 1.54. The molecule has 1 rings (SSSR count). The van der Waals surface area contributed by atoms with Gasteiger partial charge in [-0.05, 0) is 31.4 Å². The van der Waals surface area contributed by atoms with Gasteiger partial charge < -0.3 is 10.1 Å². The first-order valence-electron chi connectivity index (χ1n) is 5.90. The molecule has 0 saturated carbocycles. The van der Waals surface area contributed by atoms with E-state index in [4.69, 9.17) is 12.6 Å². The van der Waals surface area contributed by atoms with E-state index in [1.54, 1.807) is 31.3 Å². The van der Waals surface area contributed by atoms with Crippen molar-refractivity contribution in [3.05, 3.63) is 35.9 Å². The van der Waals surface area contributed by atoms with Crippen molar-refractivity contribution in [3.8, 4) is 0 Å². The highest BCUT2D eigenvalue weighted by molar-refractivity contribution is 6.11. The number of alkyl halides is 1. The number of halogens is 1. The van der Waals surface area contributed by atoms with E-state index in [1.807, 2.05) is 6.07 Å². The van der Waals surface area contributed by atoms with Crippen LogP contribution in [0.5, 0.6) is 0 Å². The van der Waals surface area contributed by atoms with Crippen molar-refractivity contribution in [1.82, 2.24) is 5.32 Å². The molecule has 0 unspecified atom stereocenters. The molecule has 0 aromatic heterocycles. The highest BCUT2D eigenvalue weighted by atomic mass is 19.1. The lowest BCUT2D eigenvalue weighted by Gasteiger charge is -2.15. The van der Waals surface area contributed by atoms with E-state index in [0.717, 1.165) is 0 Å². The molecule has 0 amide bonds. The predicted molar refractivity (Wildman–Crippen MR) is 69.7 cm³/mol. The van der Waals surface area contributed by atoms with E-state index in [-0.39, 0.29) is 19.6 Å². The van der Waals surface area contributed by atoms with Crippen LogP contribution >= 0.6 is 0 Å². The van der Waals surface area contributed by atoms with Gasteiger partial charge in [0.05, 0.1) is 20.0 Å². The van der Waals surface area contributed by atoms with Crippen LogP contribution in [0.2, 0.25) is 5.82 Å². The molecule has 18 heavy (non-hydrogen) atoms. The minimum atomic E-state index is -1.03. The fourth-order valence-electron chi connectivity index (χ4n) is 1.54. The minimum absolute atomic E-state index is 0.0257. The Morgan fingerprint density at radius 1 is 1.44 bits per heavy atom. The number of benzene rings is 1. The van der Waals surface area contributed by atoms with Crippen LogP contribution in [0.1, 0.15) is 16.8 Å². The molecule has 0 aliphatic carbocycles. The molecule has 2 radical (unpaired) electrons. The largest absolute Gasteiger partial charge is 0.463 e. The van der Waals surface area contributed by atoms with Crippen molar-refractivity contribution in [3.63, 3.8) is 0 Å². The van der Waals surface area contributed by atoms with E-state index in [0.29, 0.717) is 5.56 Å². The summed E-state index contributed by atoms with van der Waals surface area (Å²) in [6.07, 6.45) is -0.858. The lowest BCUT2D eigenvalue weighted by molar-refractivity contribution is 0.0491. The standard InChI is InChI=1S/C13H17BFNO2/c1-16-8-12(15)7-11(14)9-18-13(17)10-5-3-2-4-6-10/h2-6,11-12,16H,7-9H2,1H3/t11-,12+/m1/s1. The molecule has 0 aliphatic heterocycles. The molecular weight excluding hydrogens is 232 g/mol. The zero-order valence-corrected chi connectivity index (χ0v) is 10.4. The third kappa shape index (κ3) is 5.32. The Hall–Kier alpha value is -1.36. The quantitative estimate of drug-likeness (QED) is 0.591. The molecule has 0 saturated heterocycles. The summed E-state index contributed by atoms with van der Waals surface area (Å²) in [6.45, 7) is 0.276. The third-order valence-electron chi connectivity index (χ3n) is 2.42. The van der Waals surface area contributed by atoms with Gasteiger partial charge >= 0.3 is 5.97 Å². The SMILES string of the molecule is [B][C@@H](COC(=O)c1ccccc1)C[C@H](F)CNC. The average molecular weight is 249 g/mol. The van der Waals surface area contributed by atoms with E-state index < -0.39 is 18.0 Å². The minimum Gasteiger partial charge on any atom is -0.463 e. The van der Waals surface area contributed by atoms with Crippen molar-refractivity contribution < 1.29 is 13.9 Å². The van der Waals surface area contributed by atoms with Gasteiger partial charge in [-0.3, -0.25) is 0 Å². The van der Waals surface area contributed by atoms with Gasteiger partial charge in [0.25, 0.3) is 0 Å². The van der Waals surface area contributed by atoms with Crippen LogP contribution in [-0.4, -0.2) is 40.2 Å². The molecule has 0 heterocycles. The molecule has 1 aromatic rings. The van der Waals surface area contributed by atoms with Crippen molar-refractivity contribution in [2.75, 3.05) is 20.2 Å². The Morgan fingerprint density at radius 2 is 2.11 bits per heavy atom. The third-order valence-corrected chi connectivity index (χ3v) is 2.42. The molecule has 0 bridgehead atoms. The van der Waals surface area contributed by atoms with Crippen molar-refractivity contribution >= 4 is 13.8 Å². The second-order valence-corrected chi connectivity index (χ2v) is 4.12. The number of carbonyl (C=O) groups is 1. The highest BCUT2D eigenvalue weighted by Crippen LogP contribution is 2.13. The fraction of sp³-hybridized carbons (Fsp3) is 0.462. The average Bonchev–Trinajstić information content (AvgIpc) is 2.37. The summed E-state index contributed by atoms with van der Waals surface area (Å²) in [7, 11) is 7.36. The number of hydrogen-bond donors (Lipinski definition) is 1. The summed E-state index contributed by atoms with van der Waals surface area (Å²) < 4.78 is 18.2. The lowest BCUT2D eigenvalue weighted by Crippen LogP contribution is -2.23. The summed E-state index contributed by atoms with van der Waals surface area (Å²) in [6, 6.07) is 8.63. The Labute approximate surface area is 108 Å². The molecule has 2 atom stereocenters. The van der Waals surface area contributed by atoms with Gasteiger partial charge in [-0.25, -0.2) is 9.18 Å². The Morgan fingerprint density at radius 3 is 2.72 bits per heavy atom. The molecular formula is C13H17BFNO2. The van der Waals surface area contributed by atoms with E-state index in [1.165, 1.54) is 0 Å². The molecule has 0 fully saturated rings. The highest BCUT2D eigenvalue weighted by Gasteiger charge is 2.13. The number of esters is 1. The number of nitrogens with one attached hydrogen (secondary N) is 1. The molecule has 5 heteroatoms. The molecule has 0 aliphatic rings. The molecule has 3 nitrogen and oxygen atoms in total. The summed E-state index contributed by atoms with van der Waals surface area (Å²) in [5.74, 6) is -0.920. The normalized spacial score (nSPS) is 13.9. The van der Waals surface area contributed by atoms with Crippen LogP contribution < -0.4 is 5.32 Å². The summed E-state index contributed by atoms with van der Waals surface area (Å²) in [4.78, 5) is 11.6. The van der Waals surface area contributed by atoms with Gasteiger partial charge in [0.1, 0.15) is 6.17 Å². The molecule has 0 spiro atoms. The molecule has 1 aromatic carbocycles. The first-order chi connectivity index (χ1) is 8.63. The zero-order chi connectivity index (χ0) is 13.4. The number of hydrogen-bond acceptors (Lipinski definition) is 3. The number of ether oxygens (including phenoxy) is 1. The topological polar surface area (TPSA) is 38.3 Å². The Balaban J connectivity index is 2.30. The maximum absolute atomic E-state index is 13.2. The van der Waals surface area contributed by atoms with Crippen molar-refractivity contribution in [1.29, 1.82) is 0 Å². The van der Waals surface area contributed by atoms with Gasteiger partial charge in [-0.2, -0.15) is 0 Å². The van der Waals surface area contributed by atoms with Crippen molar-refractivity contribution in [2.45, 2.75) is 18.4 Å². The summed E-state index contributed by atoms with van der Waals surface area (Å²) >= 11 is 0. The maximum atomic E-state index is 13.2. The smallest absolute Gasteiger partial charge is 0.338 e. The van der Waals surface area contributed by atoms with Crippen LogP contribution in [0.15, 0.2) is 30.3 Å². The van der Waals surface area contributed by atoms with Crippen molar-refractivity contribution in [2.24, 2.45) is 0 Å². The van der Waals surface area contributed by atoms with Gasteiger partial charge in [0.2, 0.25) is 0 Å². The van der Waals surface area contributed by atoms with Gasteiger partial charge in [0, 0.05) is 6.54 Å². The van der Waals surface area contributed by atoms with Crippen LogP contribution in [0, 0.1) is 0 Å². The summed E-state index contributed by atoms with van der Waals surface area (Å²) in [5.41, 5.74) is 0.469. The number of rotatable bonds is 7. The maximum Gasteiger partial charge on any atom is 0.338 e. The van der Waals surface area contributed by atoms with Gasteiger partial charge in [0.15, 0.2) is 0 Å². The Kier molecular flexibility index (Phi) is 6.43. The predicted octanol–water partition coefficient (Wildman–Crippen LogP) is 1.75. The van der Waals surface area contributed by atoms with E-state index >= 15 is 0 Å². The van der Waals surface area contributed by atoms with Crippen LogP contribution in [-0.2, 0) is 4.74 Å². The second kappa shape index (κ2) is 7.87. The van der Waals surface area contributed by atoms with Crippen LogP contribution in [0.3, 0.4) is 0 Å². The molecule has 1 N–H and O–H groups in total. The van der Waals surface area contributed by atoms with E-state index in [2.05, 4.69) is 5.32 Å². The first kappa shape index (κ1) is 14.7. The Bertz CT molecular complexity index is 361. The monoisotopic (exact) mass is 249 g/mol. The molecule has 96 valence electrons.